The number of oxazole rings is 1. The molecule has 0 spiro atoms. The van der Waals surface area contributed by atoms with Gasteiger partial charge in [-0.05, 0) is 48.7 Å². The summed E-state index contributed by atoms with van der Waals surface area (Å²) >= 11 is 0. The Morgan fingerprint density at radius 3 is 2.38 bits per heavy atom. The lowest BCUT2D eigenvalue weighted by molar-refractivity contribution is -0.145. The number of nitrogens with zero attached hydrogens (tertiary/aromatic N) is 5. The van der Waals surface area contributed by atoms with E-state index in [2.05, 4.69) is 25.3 Å². The fraction of sp³-hybridized carbons (Fsp3) is 0.120. The summed E-state index contributed by atoms with van der Waals surface area (Å²) in [5.74, 6) is -2.44. The lowest BCUT2D eigenvalue weighted by Crippen LogP contribution is -2.15. The number of nitrogens with one attached hydrogen (secondary N) is 1. The minimum atomic E-state index is -4.79. The summed E-state index contributed by atoms with van der Waals surface area (Å²) in [6.45, 7) is 0. The van der Waals surface area contributed by atoms with E-state index in [1.54, 1.807) is 6.07 Å². The molecule has 7 nitrogen and oxygen atoms in total. The summed E-state index contributed by atoms with van der Waals surface area (Å²) in [5, 5.41) is 2.88. The van der Waals surface area contributed by atoms with Gasteiger partial charge in [0.25, 0.3) is 0 Å². The van der Waals surface area contributed by atoms with E-state index in [4.69, 9.17) is 4.42 Å². The van der Waals surface area contributed by atoms with E-state index in [9.17, 15) is 22.0 Å². The molecule has 0 saturated heterocycles. The third-order valence-electron chi connectivity index (χ3n) is 5.77. The first-order valence-corrected chi connectivity index (χ1v) is 11.0. The molecule has 186 valence electrons. The molecule has 1 fully saturated rings. The van der Waals surface area contributed by atoms with Gasteiger partial charge in [0.15, 0.2) is 5.82 Å². The summed E-state index contributed by atoms with van der Waals surface area (Å²) in [5.41, 5.74) is 1.48. The van der Waals surface area contributed by atoms with E-state index >= 15 is 0 Å². The van der Waals surface area contributed by atoms with Gasteiger partial charge in [0, 0.05) is 5.56 Å². The second-order valence-electron chi connectivity index (χ2n) is 8.27. The largest absolute Gasteiger partial charge is 0.450 e. The quantitative estimate of drug-likeness (QED) is 0.276. The smallest absolute Gasteiger partial charge is 0.445 e. The molecule has 1 saturated carbocycles. The normalized spacial score (nSPS) is 13.3. The van der Waals surface area contributed by atoms with Crippen molar-refractivity contribution in [1.82, 2.24) is 24.5 Å². The van der Waals surface area contributed by atoms with Crippen molar-refractivity contribution in [2.24, 2.45) is 0 Å². The number of imidazole rings is 1. The number of alkyl halides is 3. The number of rotatable bonds is 5. The van der Waals surface area contributed by atoms with Crippen molar-refractivity contribution in [3.8, 4) is 17.3 Å². The van der Waals surface area contributed by atoms with Crippen LogP contribution >= 0.6 is 0 Å². The molecular formula is C25H15F5N6O. The fourth-order valence-corrected chi connectivity index (χ4v) is 4.01. The maximum Gasteiger partial charge on any atom is 0.450 e. The standard InChI is InChI=1S/C25H15F5N6O/c26-15-2-1-3-16(27)21(15)22(13-4-5-13)35-19-11-33-20(12-32-19)36-18-7-6-14(23-31-8-9-37-23)10-17(18)34-24(36)25(28,29)30/h1-3,6-12H,4-5H2,(H,32,35). The molecule has 37 heavy (non-hydrogen) atoms. The van der Waals surface area contributed by atoms with Crippen molar-refractivity contribution in [2.45, 2.75) is 19.0 Å². The van der Waals surface area contributed by atoms with Gasteiger partial charge in [-0.1, -0.05) is 6.07 Å². The third kappa shape index (κ3) is 4.20. The van der Waals surface area contributed by atoms with Crippen molar-refractivity contribution < 1.29 is 26.4 Å². The van der Waals surface area contributed by atoms with Gasteiger partial charge in [-0.2, -0.15) is 13.2 Å². The summed E-state index contributed by atoms with van der Waals surface area (Å²) < 4.78 is 76.6. The highest BCUT2D eigenvalue weighted by molar-refractivity contribution is 5.83. The second kappa shape index (κ2) is 8.50. The first-order valence-electron chi connectivity index (χ1n) is 11.0. The van der Waals surface area contributed by atoms with Gasteiger partial charge in [-0.15, -0.1) is 0 Å². The van der Waals surface area contributed by atoms with Crippen LogP contribution in [0, 0.1) is 11.6 Å². The van der Waals surface area contributed by atoms with Gasteiger partial charge in [0.2, 0.25) is 11.7 Å². The van der Waals surface area contributed by atoms with Gasteiger partial charge in [0.05, 0.1) is 40.9 Å². The molecule has 1 N–H and O–H groups in total. The van der Waals surface area contributed by atoms with Gasteiger partial charge in [-0.3, -0.25) is 4.57 Å². The van der Waals surface area contributed by atoms with Gasteiger partial charge < -0.3 is 9.73 Å². The molecule has 0 amide bonds. The number of benzene rings is 2. The van der Waals surface area contributed by atoms with Crippen LogP contribution in [0.5, 0.6) is 0 Å². The predicted octanol–water partition coefficient (Wildman–Crippen LogP) is 6.38. The molecule has 0 atom stereocenters. The van der Waals surface area contributed by atoms with Crippen LogP contribution in [-0.4, -0.2) is 24.5 Å². The van der Waals surface area contributed by atoms with Crippen molar-refractivity contribution in [2.75, 3.05) is 5.32 Å². The van der Waals surface area contributed by atoms with E-state index in [0.29, 0.717) is 18.4 Å². The van der Waals surface area contributed by atoms with Crippen molar-refractivity contribution in [3.05, 3.63) is 89.8 Å². The Morgan fingerprint density at radius 1 is 0.973 bits per heavy atom. The average Bonchev–Trinajstić information content (AvgIpc) is 3.41. The topological polar surface area (TPSA) is 81.7 Å². The molecule has 1 aliphatic rings. The second-order valence-corrected chi connectivity index (χ2v) is 8.27. The highest BCUT2D eigenvalue weighted by Gasteiger charge is 2.38. The van der Waals surface area contributed by atoms with Crippen LogP contribution in [0.25, 0.3) is 34.0 Å². The maximum atomic E-state index is 14.4. The van der Waals surface area contributed by atoms with Gasteiger partial charge in [0.1, 0.15) is 23.7 Å². The predicted molar refractivity (Wildman–Crippen MR) is 123 cm³/mol. The van der Waals surface area contributed by atoms with Crippen LogP contribution in [0.4, 0.5) is 27.8 Å². The number of anilines is 1. The highest BCUT2D eigenvalue weighted by Crippen LogP contribution is 2.39. The number of allylic oxidation sites excluding steroid dienone is 1. The van der Waals surface area contributed by atoms with E-state index in [0.717, 1.165) is 28.5 Å². The lowest BCUT2D eigenvalue weighted by Gasteiger charge is -2.14. The van der Waals surface area contributed by atoms with Crippen LogP contribution < -0.4 is 5.32 Å². The Kier molecular flexibility index (Phi) is 5.25. The van der Waals surface area contributed by atoms with E-state index < -0.39 is 23.6 Å². The monoisotopic (exact) mass is 510 g/mol. The number of aromatic nitrogens is 5. The van der Waals surface area contributed by atoms with Gasteiger partial charge in [-0.25, -0.2) is 28.7 Å². The molecule has 12 heteroatoms. The fourth-order valence-electron chi connectivity index (χ4n) is 4.01. The summed E-state index contributed by atoms with van der Waals surface area (Å²) in [7, 11) is 0. The number of hydrogen-bond acceptors (Lipinski definition) is 6. The van der Waals surface area contributed by atoms with E-state index in [-0.39, 0.29) is 39.8 Å². The lowest BCUT2D eigenvalue weighted by atomic mass is 10.1. The minimum Gasteiger partial charge on any atom is -0.445 e. The zero-order chi connectivity index (χ0) is 25.7. The Bertz CT molecular complexity index is 1630. The SMILES string of the molecule is Fc1cccc(F)c1C(Nc1cnc(-n2c(C(F)(F)F)nc3cc(-c4ncco4)ccc32)cn1)=C1CC1. The zero-order valence-electron chi connectivity index (χ0n) is 18.7. The van der Waals surface area contributed by atoms with Crippen LogP contribution in [0.3, 0.4) is 0 Å². The zero-order valence-corrected chi connectivity index (χ0v) is 18.7. The number of hydrogen-bond donors (Lipinski definition) is 1. The molecule has 1 aliphatic carbocycles. The Balaban J connectivity index is 1.38. The first kappa shape index (κ1) is 22.8. The van der Waals surface area contributed by atoms with Crippen LogP contribution in [-0.2, 0) is 6.18 Å². The summed E-state index contributed by atoms with van der Waals surface area (Å²) in [4.78, 5) is 16.1. The van der Waals surface area contributed by atoms with Crippen molar-refractivity contribution in [1.29, 1.82) is 0 Å². The minimum absolute atomic E-state index is 0.0582. The molecular weight excluding hydrogens is 495 g/mol. The Morgan fingerprint density at radius 2 is 1.76 bits per heavy atom. The van der Waals surface area contributed by atoms with Crippen LogP contribution in [0.1, 0.15) is 24.2 Å². The van der Waals surface area contributed by atoms with Crippen LogP contribution in [0.2, 0.25) is 0 Å². The third-order valence-corrected chi connectivity index (χ3v) is 5.77. The highest BCUT2D eigenvalue weighted by atomic mass is 19.4. The molecule has 0 unspecified atom stereocenters. The molecule has 0 aliphatic heterocycles. The van der Waals surface area contributed by atoms with Gasteiger partial charge >= 0.3 is 6.18 Å². The summed E-state index contributed by atoms with van der Waals surface area (Å²) in [6, 6.07) is 8.02. The van der Waals surface area contributed by atoms with E-state index in [1.807, 2.05) is 0 Å². The number of fused-ring (bicyclic) bond motifs is 1. The Labute approximate surface area is 205 Å². The molecule has 0 bridgehead atoms. The molecule has 0 radical (unpaired) electrons. The number of halogens is 5. The first-order chi connectivity index (χ1) is 17.8. The molecule has 6 rings (SSSR count). The molecule has 2 aromatic carbocycles. The molecule has 3 aromatic heterocycles. The summed E-state index contributed by atoms with van der Waals surface area (Å²) in [6.07, 6.45) is 1.65. The average molecular weight is 510 g/mol. The maximum absolute atomic E-state index is 14.4. The molecule has 5 aromatic rings. The Hall–Kier alpha value is -4.61. The van der Waals surface area contributed by atoms with Crippen molar-refractivity contribution in [3.63, 3.8) is 0 Å². The molecule has 3 heterocycles. The van der Waals surface area contributed by atoms with Crippen LogP contribution in [0.15, 0.2) is 71.2 Å². The van der Waals surface area contributed by atoms with E-state index in [1.165, 1.54) is 36.9 Å². The van der Waals surface area contributed by atoms with Crippen molar-refractivity contribution >= 4 is 22.5 Å².